The van der Waals surface area contributed by atoms with Crippen LogP contribution in [0, 0.1) is 6.61 Å². The van der Waals surface area contributed by atoms with Crippen molar-refractivity contribution in [2.24, 2.45) is 0 Å². The van der Waals surface area contributed by atoms with Crippen molar-refractivity contribution in [3.63, 3.8) is 0 Å². The average Bonchev–Trinajstić information content (AvgIpc) is 2.32. The molecule has 5 nitrogen and oxygen atoms in total. The lowest BCUT2D eigenvalue weighted by Gasteiger charge is -2.18. The summed E-state index contributed by atoms with van der Waals surface area (Å²) in [7, 11) is 0. The summed E-state index contributed by atoms with van der Waals surface area (Å²) in [5.41, 5.74) is 0. The van der Waals surface area contributed by atoms with E-state index in [0.29, 0.717) is 0 Å². The molecule has 0 bridgehead atoms. The lowest BCUT2D eigenvalue weighted by molar-refractivity contribution is -0.0636. The third kappa shape index (κ3) is 1.69. The molecule has 5 heteroatoms. The first-order valence-corrected chi connectivity index (χ1v) is 3.30. The van der Waals surface area contributed by atoms with E-state index in [9.17, 15) is 0 Å². The Morgan fingerprint density at radius 2 is 2.09 bits per heavy atom. The second kappa shape index (κ2) is 3.46. The Hall–Kier alpha value is -0.200. The van der Waals surface area contributed by atoms with Crippen LogP contribution in [0.1, 0.15) is 0 Å². The predicted molar refractivity (Wildman–Crippen MR) is 34.3 cm³/mol. The number of hydrogen-bond acceptors (Lipinski definition) is 5. The topological polar surface area (TPSA) is 90.2 Å². The van der Waals surface area contributed by atoms with E-state index in [1.165, 1.54) is 0 Å². The van der Waals surface area contributed by atoms with Crippen LogP contribution in [0.2, 0.25) is 0 Å². The maximum atomic E-state index is 9.08. The molecule has 1 fully saturated rings. The summed E-state index contributed by atoms with van der Waals surface area (Å²) in [4.78, 5) is 0. The molecule has 1 radical (unpaired) electrons. The van der Waals surface area contributed by atoms with Crippen molar-refractivity contribution in [3.05, 3.63) is 6.61 Å². The van der Waals surface area contributed by atoms with Crippen molar-refractivity contribution in [2.45, 2.75) is 24.4 Å². The van der Waals surface area contributed by atoms with Crippen molar-refractivity contribution < 1.29 is 25.2 Å². The monoisotopic (exact) mass is 163 g/mol. The van der Waals surface area contributed by atoms with Gasteiger partial charge in [-0.2, -0.15) is 0 Å². The van der Waals surface area contributed by atoms with Crippen LogP contribution in [0.3, 0.4) is 0 Å². The molecule has 4 N–H and O–H groups in total. The van der Waals surface area contributed by atoms with E-state index < -0.39 is 31.0 Å². The van der Waals surface area contributed by atoms with E-state index >= 15 is 0 Å². The molecule has 1 saturated heterocycles. The smallest absolute Gasteiger partial charge is 0.115 e. The fourth-order valence-electron chi connectivity index (χ4n) is 0.949. The van der Waals surface area contributed by atoms with Gasteiger partial charge in [0.1, 0.15) is 31.0 Å². The van der Waals surface area contributed by atoms with Gasteiger partial charge in [0.15, 0.2) is 0 Å². The molecule has 1 heterocycles. The quantitative estimate of drug-likeness (QED) is 0.365. The van der Waals surface area contributed by atoms with Gasteiger partial charge in [0.05, 0.1) is 6.61 Å². The van der Waals surface area contributed by atoms with Crippen molar-refractivity contribution in [3.8, 4) is 0 Å². The van der Waals surface area contributed by atoms with Crippen LogP contribution < -0.4 is 0 Å². The lowest BCUT2D eigenvalue weighted by Crippen LogP contribution is -2.40. The zero-order valence-electron chi connectivity index (χ0n) is 5.79. The molecule has 4 atom stereocenters. The molecule has 11 heavy (non-hydrogen) atoms. The van der Waals surface area contributed by atoms with Gasteiger partial charge in [0.2, 0.25) is 0 Å². The van der Waals surface area contributed by atoms with Crippen LogP contribution in [0.5, 0.6) is 0 Å². The van der Waals surface area contributed by atoms with Gasteiger partial charge in [-0.1, -0.05) is 0 Å². The Balaban J connectivity index is 2.47. The predicted octanol–water partition coefficient (Wildman–Crippen LogP) is -2.38. The van der Waals surface area contributed by atoms with Crippen LogP contribution >= 0.6 is 0 Å². The Morgan fingerprint density at radius 3 is 2.45 bits per heavy atom. The largest absolute Gasteiger partial charge is 0.394 e. The molecule has 4 unspecified atom stereocenters. The average molecular weight is 163 g/mol. The maximum absolute atomic E-state index is 9.08. The summed E-state index contributed by atoms with van der Waals surface area (Å²) in [5.74, 6) is 0. The van der Waals surface area contributed by atoms with Gasteiger partial charge in [0, 0.05) is 0 Å². The van der Waals surface area contributed by atoms with Crippen LogP contribution in [0.25, 0.3) is 0 Å². The van der Waals surface area contributed by atoms with Crippen molar-refractivity contribution in [2.75, 3.05) is 6.61 Å². The molecule has 0 aromatic carbocycles. The van der Waals surface area contributed by atoms with E-state index in [2.05, 4.69) is 0 Å². The molecule has 1 rings (SSSR count). The lowest BCUT2D eigenvalue weighted by atomic mass is 10.1. The van der Waals surface area contributed by atoms with Gasteiger partial charge in [0.25, 0.3) is 0 Å². The molecular weight excluding hydrogens is 152 g/mol. The Labute approximate surface area is 63.8 Å². The molecule has 65 valence electrons. The minimum atomic E-state index is -1.16. The molecule has 0 spiro atoms. The first-order valence-electron chi connectivity index (χ1n) is 3.30. The molecule has 0 aromatic rings. The molecular formula is C6H11O5. The maximum Gasteiger partial charge on any atom is 0.115 e. The summed E-state index contributed by atoms with van der Waals surface area (Å²) in [6.45, 7) is 0.538. The Morgan fingerprint density at radius 1 is 1.45 bits per heavy atom. The molecule has 0 aromatic heterocycles. The second-order valence-electron chi connectivity index (χ2n) is 2.47. The summed E-state index contributed by atoms with van der Waals surface area (Å²) in [5, 5.41) is 35.4. The summed E-state index contributed by atoms with van der Waals surface area (Å²) in [6, 6.07) is 0. The summed E-state index contributed by atoms with van der Waals surface area (Å²) >= 11 is 0. The number of aliphatic hydroxyl groups excluding tert-OH is 4. The standard InChI is InChI=1S/C6H11O5/c7-1-3(8)6-5(10)4(9)2-11-6/h2-10H,1H2. The number of hydrogen-bond donors (Lipinski definition) is 4. The normalized spacial score (nSPS) is 40.9. The highest BCUT2D eigenvalue weighted by atomic mass is 16.5. The summed E-state index contributed by atoms with van der Waals surface area (Å²) < 4.78 is 4.70. The van der Waals surface area contributed by atoms with Gasteiger partial charge in [-0.3, -0.25) is 0 Å². The first-order chi connectivity index (χ1) is 5.16. The number of aliphatic hydroxyl groups is 4. The Kier molecular flexibility index (Phi) is 2.80. The zero-order chi connectivity index (χ0) is 8.43. The fraction of sp³-hybridized carbons (Fsp3) is 0.833. The van der Waals surface area contributed by atoms with Crippen molar-refractivity contribution >= 4 is 0 Å². The highest BCUT2D eigenvalue weighted by Crippen LogP contribution is 2.20. The Bertz CT molecular complexity index is 128. The van der Waals surface area contributed by atoms with E-state index in [4.69, 9.17) is 25.2 Å². The van der Waals surface area contributed by atoms with Crippen LogP contribution in [0.4, 0.5) is 0 Å². The van der Waals surface area contributed by atoms with Gasteiger partial charge in [-0.05, 0) is 0 Å². The van der Waals surface area contributed by atoms with Gasteiger partial charge >= 0.3 is 0 Å². The molecule has 0 amide bonds. The van der Waals surface area contributed by atoms with E-state index in [1.54, 1.807) is 0 Å². The SMILES string of the molecule is OCC(O)C1O[CH]C(O)C1O. The molecule has 0 saturated carbocycles. The minimum Gasteiger partial charge on any atom is -0.394 e. The zero-order valence-corrected chi connectivity index (χ0v) is 5.79. The van der Waals surface area contributed by atoms with Crippen molar-refractivity contribution in [1.29, 1.82) is 0 Å². The van der Waals surface area contributed by atoms with Crippen LogP contribution in [-0.2, 0) is 4.74 Å². The fourth-order valence-corrected chi connectivity index (χ4v) is 0.949. The molecule has 1 aliphatic heterocycles. The third-order valence-corrected chi connectivity index (χ3v) is 1.63. The van der Waals surface area contributed by atoms with Crippen LogP contribution in [-0.4, -0.2) is 51.4 Å². The van der Waals surface area contributed by atoms with E-state index in [0.717, 1.165) is 6.61 Å². The highest BCUT2D eigenvalue weighted by Gasteiger charge is 2.39. The second-order valence-corrected chi connectivity index (χ2v) is 2.47. The molecule has 1 aliphatic rings. The van der Waals surface area contributed by atoms with Gasteiger partial charge in [-0.15, -0.1) is 0 Å². The first kappa shape index (κ1) is 8.89. The minimum absolute atomic E-state index is 0.498. The van der Waals surface area contributed by atoms with Crippen molar-refractivity contribution in [1.82, 2.24) is 0 Å². The summed E-state index contributed by atoms with van der Waals surface area (Å²) in [6.07, 6.45) is -4.31. The molecule has 0 aliphatic carbocycles. The van der Waals surface area contributed by atoms with E-state index in [-0.39, 0.29) is 0 Å². The van der Waals surface area contributed by atoms with Crippen LogP contribution in [0.15, 0.2) is 0 Å². The number of ether oxygens (including phenoxy) is 1. The highest BCUT2D eigenvalue weighted by molar-refractivity contribution is 4.93. The van der Waals surface area contributed by atoms with E-state index in [1.807, 2.05) is 0 Å². The van der Waals surface area contributed by atoms with Gasteiger partial charge in [-0.25, -0.2) is 0 Å². The number of rotatable bonds is 2. The van der Waals surface area contributed by atoms with Gasteiger partial charge < -0.3 is 25.2 Å². The third-order valence-electron chi connectivity index (χ3n) is 1.63.